The summed E-state index contributed by atoms with van der Waals surface area (Å²) in [6.45, 7) is 2.94. The lowest BCUT2D eigenvalue weighted by atomic mass is 10.2. The number of carbonyl (C=O) groups is 1. The van der Waals surface area contributed by atoms with E-state index in [1.165, 1.54) is 19.2 Å². The van der Waals surface area contributed by atoms with E-state index in [0.29, 0.717) is 17.0 Å². The minimum Gasteiger partial charge on any atom is -0.496 e. The van der Waals surface area contributed by atoms with Crippen molar-refractivity contribution in [2.45, 2.75) is 18.7 Å². The van der Waals surface area contributed by atoms with E-state index in [1.54, 1.807) is 37.3 Å². The van der Waals surface area contributed by atoms with Crippen LogP contribution in [0.15, 0.2) is 47.4 Å². The van der Waals surface area contributed by atoms with Crippen LogP contribution in [0.4, 0.5) is 5.69 Å². The molecule has 0 bridgehead atoms. The van der Waals surface area contributed by atoms with Gasteiger partial charge >= 0.3 is 5.97 Å². The number of aliphatic carboxylic acids is 1. The molecule has 0 fully saturated rings. The van der Waals surface area contributed by atoms with Crippen LogP contribution < -0.4 is 9.04 Å². The molecule has 0 unspecified atom stereocenters. The van der Waals surface area contributed by atoms with Crippen LogP contribution in [-0.4, -0.2) is 33.1 Å². The fourth-order valence-electron chi connectivity index (χ4n) is 2.29. The van der Waals surface area contributed by atoms with E-state index in [1.807, 2.05) is 6.92 Å². The van der Waals surface area contributed by atoms with Crippen molar-refractivity contribution in [1.82, 2.24) is 0 Å². The molecule has 0 aliphatic heterocycles. The van der Waals surface area contributed by atoms with Crippen molar-refractivity contribution in [1.29, 1.82) is 0 Å². The number of aryl methyl sites for hydroxylation is 2. The number of sulfonamides is 1. The zero-order valence-electron chi connectivity index (χ0n) is 13.7. The Kier molecular flexibility index (Phi) is 5.14. The van der Waals surface area contributed by atoms with Gasteiger partial charge in [0.1, 0.15) is 12.3 Å². The van der Waals surface area contributed by atoms with E-state index < -0.39 is 22.5 Å². The molecule has 24 heavy (non-hydrogen) atoms. The molecule has 6 nitrogen and oxygen atoms in total. The lowest BCUT2D eigenvalue weighted by Crippen LogP contribution is -2.35. The van der Waals surface area contributed by atoms with Gasteiger partial charge in [0.05, 0.1) is 17.7 Å². The number of carboxylic acids is 1. The van der Waals surface area contributed by atoms with Crippen molar-refractivity contribution in [3.8, 4) is 5.75 Å². The highest BCUT2D eigenvalue weighted by Gasteiger charge is 2.27. The quantitative estimate of drug-likeness (QED) is 0.866. The molecular weight excluding hydrogens is 330 g/mol. The van der Waals surface area contributed by atoms with Gasteiger partial charge in [-0.2, -0.15) is 0 Å². The van der Waals surface area contributed by atoms with Crippen molar-refractivity contribution in [3.05, 3.63) is 53.6 Å². The number of anilines is 1. The molecular formula is C17H19NO5S. The normalized spacial score (nSPS) is 11.1. The summed E-state index contributed by atoms with van der Waals surface area (Å²) in [5, 5.41) is 9.12. The van der Waals surface area contributed by atoms with Crippen LogP contribution in [0.3, 0.4) is 0 Å². The van der Waals surface area contributed by atoms with Crippen LogP contribution in [0.5, 0.6) is 5.75 Å². The van der Waals surface area contributed by atoms with E-state index in [4.69, 9.17) is 9.84 Å². The lowest BCUT2D eigenvalue weighted by Gasteiger charge is -2.23. The van der Waals surface area contributed by atoms with Gasteiger partial charge in [-0.1, -0.05) is 17.7 Å². The summed E-state index contributed by atoms with van der Waals surface area (Å²) in [7, 11) is -2.51. The Labute approximate surface area is 141 Å². The number of hydrogen-bond acceptors (Lipinski definition) is 4. The largest absolute Gasteiger partial charge is 0.496 e. The van der Waals surface area contributed by atoms with Crippen molar-refractivity contribution in [3.63, 3.8) is 0 Å². The summed E-state index contributed by atoms with van der Waals surface area (Å²) >= 11 is 0. The molecule has 2 aromatic rings. The Balaban J connectivity index is 2.53. The Bertz CT molecular complexity index is 844. The van der Waals surface area contributed by atoms with E-state index in [2.05, 4.69) is 0 Å². The van der Waals surface area contributed by atoms with Gasteiger partial charge in [0.2, 0.25) is 0 Å². The van der Waals surface area contributed by atoms with Crippen molar-refractivity contribution in [2.75, 3.05) is 18.0 Å². The zero-order chi connectivity index (χ0) is 17.9. The molecule has 0 atom stereocenters. The maximum absolute atomic E-state index is 12.9. The van der Waals surface area contributed by atoms with E-state index >= 15 is 0 Å². The highest BCUT2D eigenvalue weighted by atomic mass is 32.2. The molecule has 0 saturated heterocycles. The summed E-state index contributed by atoms with van der Waals surface area (Å²) in [6, 6.07) is 11.1. The maximum Gasteiger partial charge on any atom is 0.324 e. The summed E-state index contributed by atoms with van der Waals surface area (Å²) in [4.78, 5) is 11.2. The van der Waals surface area contributed by atoms with Gasteiger partial charge < -0.3 is 9.84 Å². The van der Waals surface area contributed by atoms with Crippen LogP contribution in [0.1, 0.15) is 11.1 Å². The second-order valence-electron chi connectivity index (χ2n) is 5.37. The SMILES string of the molecule is COc1ccc(S(=O)(=O)N(CC(=O)O)c2ccc(C)cc2)cc1C. The molecule has 0 aromatic heterocycles. The van der Waals surface area contributed by atoms with Crippen LogP contribution >= 0.6 is 0 Å². The molecule has 0 aliphatic carbocycles. The van der Waals surface area contributed by atoms with Crippen molar-refractivity contribution in [2.24, 2.45) is 0 Å². The Morgan fingerprint density at radius 1 is 1.12 bits per heavy atom. The molecule has 1 N–H and O–H groups in total. The smallest absolute Gasteiger partial charge is 0.324 e. The Hall–Kier alpha value is -2.54. The first-order valence-corrected chi connectivity index (χ1v) is 8.65. The molecule has 0 spiro atoms. The predicted octanol–water partition coefficient (Wildman–Crippen LogP) is 2.59. The number of hydrogen-bond donors (Lipinski definition) is 1. The van der Waals surface area contributed by atoms with Gasteiger partial charge in [0.25, 0.3) is 10.0 Å². The number of nitrogens with zero attached hydrogens (tertiary/aromatic N) is 1. The second kappa shape index (κ2) is 6.92. The van der Waals surface area contributed by atoms with Crippen molar-refractivity contribution < 1.29 is 23.1 Å². The molecule has 0 heterocycles. The minimum atomic E-state index is -4.01. The number of ether oxygens (including phenoxy) is 1. The van der Waals surface area contributed by atoms with Crippen LogP contribution in [0.2, 0.25) is 0 Å². The average molecular weight is 349 g/mol. The maximum atomic E-state index is 12.9. The fraction of sp³-hybridized carbons (Fsp3) is 0.235. The van der Waals surface area contributed by atoms with Crippen LogP contribution in [0.25, 0.3) is 0 Å². The molecule has 0 amide bonds. The summed E-state index contributed by atoms with van der Waals surface area (Å²) in [5.41, 5.74) is 1.90. The molecule has 0 aliphatic rings. The van der Waals surface area contributed by atoms with Gasteiger partial charge in [-0.05, 0) is 49.7 Å². The number of carboxylic acid groups (broad SMARTS) is 1. The summed E-state index contributed by atoms with van der Waals surface area (Å²) < 4.78 is 31.9. The minimum absolute atomic E-state index is 0.0163. The number of rotatable bonds is 6. The predicted molar refractivity (Wildman–Crippen MR) is 91.1 cm³/mol. The average Bonchev–Trinajstić information content (AvgIpc) is 2.53. The van der Waals surface area contributed by atoms with Crippen LogP contribution in [-0.2, 0) is 14.8 Å². The molecule has 128 valence electrons. The van der Waals surface area contributed by atoms with E-state index in [0.717, 1.165) is 9.87 Å². The van der Waals surface area contributed by atoms with Gasteiger partial charge in [-0.3, -0.25) is 9.10 Å². The number of benzene rings is 2. The van der Waals surface area contributed by atoms with Gasteiger partial charge in [-0.15, -0.1) is 0 Å². The fourth-order valence-corrected chi connectivity index (χ4v) is 3.79. The molecule has 7 heteroatoms. The molecule has 0 radical (unpaired) electrons. The summed E-state index contributed by atoms with van der Waals surface area (Å²) in [5.74, 6) is -0.668. The third-order valence-electron chi connectivity index (χ3n) is 3.56. The van der Waals surface area contributed by atoms with E-state index in [9.17, 15) is 13.2 Å². The van der Waals surface area contributed by atoms with Gasteiger partial charge in [0, 0.05) is 0 Å². The van der Waals surface area contributed by atoms with Gasteiger partial charge in [-0.25, -0.2) is 8.42 Å². The molecule has 2 rings (SSSR count). The third kappa shape index (κ3) is 3.68. The van der Waals surface area contributed by atoms with Crippen molar-refractivity contribution >= 4 is 21.7 Å². The first-order valence-electron chi connectivity index (χ1n) is 7.21. The molecule has 0 saturated carbocycles. The Morgan fingerprint density at radius 2 is 1.75 bits per heavy atom. The third-order valence-corrected chi connectivity index (χ3v) is 5.32. The standard InChI is InChI=1S/C17H19NO5S/c1-12-4-6-14(7-5-12)18(11-17(19)20)24(21,22)15-8-9-16(23-3)13(2)10-15/h4-10H,11H2,1-3H3,(H,19,20). The van der Waals surface area contributed by atoms with Crippen LogP contribution in [0, 0.1) is 13.8 Å². The van der Waals surface area contributed by atoms with E-state index in [-0.39, 0.29) is 4.90 Å². The highest BCUT2D eigenvalue weighted by molar-refractivity contribution is 7.92. The first-order chi connectivity index (χ1) is 11.3. The van der Waals surface area contributed by atoms with Gasteiger partial charge in [0.15, 0.2) is 0 Å². The summed E-state index contributed by atoms with van der Waals surface area (Å²) in [6.07, 6.45) is 0. The molecule has 2 aromatic carbocycles. The number of methoxy groups -OCH3 is 1. The second-order valence-corrected chi connectivity index (χ2v) is 7.23. The zero-order valence-corrected chi connectivity index (χ0v) is 14.5. The highest BCUT2D eigenvalue weighted by Crippen LogP contribution is 2.27. The Morgan fingerprint density at radius 3 is 2.25 bits per heavy atom. The first kappa shape index (κ1) is 17.8. The monoisotopic (exact) mass is 349 g/mol. The topological polar surface area (TPSA) is 83.9 Å². The lowest BCUT2D eigenvalue weighted by molar-refractivity contribution is -0.135.